The second-order valence-electron chi connectivity index (χ2n) is 9.09. The average Bonchev–Trinajstić information content (AvgIpc) is 3.43. The van der Waals surface area contributed by atoms with Crippen LogP contribution in [0.1, 0.15) is 49.2 Å². The number of nitrogens with zero attached hydrogens (tertiary/aromatic N) is 4. The van der Waals surface area contributed by atoms with Gasteiger partial charge in [0.15, 0.2) is 0 Å². The molecule has 1 N–H and O–H groups in total. The SMILES string of the molecule is Cc1ccc(N2CC(c3nc(-c4ccc5c(c4)[nH]c(=O)c(=O)n5C(C)C)no3)CC2=O)cc1C. The maximum atomic E-state index is 12.7. The lowest BCUT2D eigenvalue weighted by Gasteiger charge is -2.17. The Hall–Kier alpha value is -4.01. The highest BCUT2D eigenvalue weighted by molar-refractivity contribution is 5.96. The molecule has 1 aliphatic heterocycles. The molecule has 174 valence electrons. The van der Waals surface area contributed by atoms with E-state index in [1.54, 1.807) is 23.1 Å². The second kappa shape index (κ2) is 8.09. The molecule has 1 atom stereocenters. The van der Waals surface area contributed by atoms with Crippen LogP contribution in [0.15, 0.2) is 50.5 Å². The Morgan fingerprint density at radius 3 is 2.59 bits per heavy atom. The molecule has 0 aliphatic carbocycles. The van der Waals surface area contributed by atoms with Crippen molar-refractivity contribution in [2.75, 3.05) is 11.4 Å². The highest BCUT2D eigenvalue weighted by Crippen LogP contribution is 2.33. The van der Waals surface area contributed by atoms with Gasteiger partial charge in [0.2, 0.25) is 17.6 Å². The van der Waals surface area contributed by atoms with Crippen LogP contribution >= 0.6 is 0 Å². The number of fused-ring (bicyclic) bond motifs is 1. The van der Waals surface area contributed by atoms with Crippen LogP contribution in [0.4, 0.5) is 5.69 Å². The highest BCUT2D eigenvalue weighted by atomic mass is 16.5. The quantitative estimate of drug-likeness (QED) is 0.468. The predicted molar refractivity (Wildman–Crippen MR) is 128 cm³/mol. The van der Waals surface area contributed by atoms with E-state index >= 15 is 0 Å². The topological polar surface area (TPSA) is 114 Å². The summed E-state index contributed by atoms with van der Waals surface area (Å²) in [4.78, 5) is 46.0. The molecule has 34 heavy (non-hydrogen) atoms. The maximum absolute atomic E-state index is 12.7. The van der Waals surface area contributed by atoms with Crippen molar-refractivity contribution in [3.63, 3.8) is 0 Å². The van der Waals surface area contributed by atoms with Gasteiger partial charge in [-0.3, -0.25) is 19.0 Å². The van der Waals surface area contributed by atoms with E-state index in [1.165, 1.54) is 10.1 Å². The lowest BCUT2D eigenvalue weighted by Crippen LogP contribution is -2.37. The molecule has 0 saturated carbocycles. The van der Waals surface area contributed by atoms with E-state index in [1.807, 2.05) is 45.9 Å². The fraction of sp³-hybridized carbons (Fsp3) is 0.320. The Balaban J connectivity index is 1.44. The van der Waals surface area contributed by atoms with Crippen LogP contribution in [0, 0.1) is 13.8 Å². The number of nitrogens with one attached hydrogen (secondary N) is 1. The molecule has 0 radical (unpaired) electrons. The number of rotatable bonds is 4. The number of hydrogen-bond donors (Lipinski definition) is 1. The first kappa shape index (κ1) is 21.8. The van der Waals surface area contributed by atoms with Gasteiger partial charge in [-0.05, 0) is 69.2 Å². The zero-order valence-electron chi connectivity index (χ0n) is 19.5. The Bertz CT molecular complexity index is 1550. The molecule has 2 aromatic heterocycles. The Morgan fingerprint density at radius 2 is 1.85 bits per heavy atom. The first-order valence-electron chi connectivity index (χ1n) is 11.2. The predicted octanol–water partition coefficient (Wildman–Crippen LogP) is 3.46. The summed E-state index contributed by atoms with van der Waals surface area (Å²) in [6.07, 6.45) is 0.292. The first-order valence-corrected chi connectivity index (χ1v) is 11.2. The molecule has 0 spiro atoms. The molecule has 9 nitrogen and oxygen atoms in total. The first-order chi connectivity index (χ1) is 16.2. The molecule has 1 fully saturated rings. The summed E-state index contributed by atoms with van der Waals surface area (Å²) in [7, 11) is 0. The standard InChI is InChI=1S/C25H25N5O4/c1-13(2)30-20-8-6-16(10-19(20)26-23(32)25(30)33)22-27-24(34-28-22)17-11-21(31)29(12-17)18-7-5-14(3)15(4)9-18/h5-10,13,17H,11-12H2,1-4H3,(H,26,32). The molecule has 0 bridgehead atoms. The largest absolute Gasteiger partial charge is 0.339 e. The summed E-state index contributed by atoms with van der Waals surface area (Å²) in [6.45, 7) is 8.23. The third kappa shape index (κ3) is 3.63. The fourth-order valence-corrected chi connectivity index (χ4v) is 4.43. The maximum Gasteiger partial charge on any atom is 0.316 e. The van der Waals surface area contributed by atoms with Gasteiger partial charge in [0, 0.05) is 30.3 Å². The fourth-order valence-electron chi connectivity index (χ4n) is 4.43. The number of aryl methyl sites for hydroxylation is 2. The van der Waals surface area contributed by atoms with Crippen LogP contribution in [0.3, 0.4) is 0 Å². The summed E-state index contributed by atoms with van der Waals surface area (Å²) in [5.74, 6) is 0.567. The third-order valence-electron chi connectivity index (χ3n) is 6.41. The van der Waals surface area contributed by atoms with E-state index < -0.39 is 11.1 Å². The van der Waals surface area contributed by atoms with E-state index in [0.29, 0.717) is 41.3 Å². The normalized spacial score (nSPS) is 16.2. The highest BCUT2D eigenvalue weighted by Gasteiger charge is 2.35. The van der Waals surface area contributed by atoms with Crippen molar-refractivity contribution in [1.82, 2.24) is 19.7 Å². The van der Waals surface area contributed by atoms with Gasteiger partial charge in [0.05, 0.1) is 17.0 Å². The van der Waals surface area contributed by atoms with Crippen molar-refractivity contribution in [2.24, 2.45) is 0 Å². The lowest BCUT2D eigenvalue weighted by molar-refractivity contribution is -0.117. The third-order valence-corrected chi connectivity index (χ3v) is 6.41. The molecule has 4 aromatic rings. The van der Waals surface area contributed by atoms with Gasteiger partial charge in [-0.25, -0.2) is 0 Å². The molecule has 9 heteroatoms. The summed E-state index contributed by atoms with van der Waals surface area (Å²) in [6, 6.07) is 11.1. The van der Waals surface area contributed by atoms with Crippen LogP contribution < -0.4 is 16.0 Å². The number of H-pyrrole nitrogens is 1. The smallest absolute Gasteiger partial charge is 0.316 e. The molecular formula is C25H25N5O4. The zero-order chi connectivity index (χ0) is 24.1. The Morgan fingerprint density at radius 1 is 1.06 bits per heavy atom. The zero-order valence-corrected chi connectivity index (χ0v) is 19.5. The van der Waals surface area contributed by atoms with E-state index in [-0.39, 0.29) is 17.9 Å². The van der Waals surface area contributed by atoms with E-state index in [9.17, 15) is 14.4 Å². The minimum Gasteiger partial charge on any atom is -0.339 e. The van der Waals surface area contributed by atoms with Crippen LogP contribution in [0.5, 0.6) is 0 Å². The number of benzene rings is 2. The Kier molecular flexibility index (Phi) is 5.19. The number of aromatic nitrogens is 4. The number of hydrogen-bond acceptors (Lipinski definition) is 6. The van der Waals surface area contributed by atoms with E-state index in [4.69, 9.17) is 4.52 Å². The van der Waals surface area contributed by atoms with Gasteiger partial charge in [-0.1, -0.05) is 11.2 Å². The van der Waals surface area contributed by atoms with Crippen LogP contribution in [-0.2, 0) is 4.79 Å². The van der Waals surface area contributed by atoms with Gasteiger partial charge in [-0.2, -0.15) is 4.98 Å². The van der Waals surface area contributed by atoms with Crippen molar-refractivity contribution in [2.45, 2.75) is 46.1 Å². The van der Waals surface area contributed by atoms with Crippen molar-refractivity contribution in [3.05, 3.63) is 74.1 Å². The monoisotopic (exact) mass is 459 g/mol. The molecule has 2 aromatic carbocycles. The van der Waals surface area contributed by atoms with Crippen molar-refractivity contribution in [3.8, 4) is 11.4 Å². The number of carbonyl (C=O) groups is 1. The number of aromatic amines is 1. The van der Waals surface area contributed by atoms with Crippen LogP contribution in [-0.4, -0.2) is 32.1 Å². The summed E-state index contributed by atoms with van der Waals surface area (Å²) < 4.78 is 6.99. The molecule has 1 aliphatic rings. The number of amides is 1. The molecule has 1 amide bonds. The summed E-state index contributed by atoms with van der Waals surface area (Å²) in [5, 5.41) is 4.11. The van der Waals surface area contributed by atoms with Crippen molar-refractivity contribution >= 4 is 22.6 Å². The van der Waals surface area contributed by atoms with Crippen molar-refractivity contribution in [1.29, 1.82) is 0 Å². The van der Waals surface area contributed by atoms with Gasteiger partial charge < -0.3 is 14.4 Å². The molecule has 1 saturated heterocycles. The van der Waals surface area contributed by atoms with E-state index in [0.717, 1.165) is 11.3 Å². The van der Waals surface area contributed by atoms with Crippen molar-refractivity contribution < 1.29 is 9.32 Å². The molecule has 1 unspecified atom stereocenters. The van der Waals surface area contributed by atoms with Gasteiger partial charge in [0.1, 0.15) is 0 Å². The lowest BCUT2D eigenvalue weighted by atomic mass is 10.1. The average molecular weight is 460 g/mol. The van der Waals surface area contributed by atoms with Crippen LogP contribution in [0.25, 0.3) is 22.4 Å². The van der Waals surface area contributed by atoms with Gasteiger partial charge >= 0.3 is 11.1 Å². The molecular weight excluding hydrogens is 434 g/mol. The minimum atomic E-state index is -0.678. The number of carbonyl (C=O) groups excluding carboxylic acids is 1. The Labute approximate surface area is 195 Å². The molecule has 5 rings (SSSR count). The summed E-state index contributed by atoms with van der Waals surface area (Å²) >= 11 is 0. The van der Waals surface area contributed by atoms with Gasteiger partial charge in [-0.15, -0.1) is 0 Å². The minimum absolute atomic E-state index is 0.0166. The van der Waals surface area contributed by atoms with Gasteiger partial charge in [0.25, 0.3) is 0 Å². The number of anilines is 1. The van der Waals surface area contributed by atoms with E-state index in [2.05, 4.69) is 15.1 Å². The molecule has 3 heterocycles. The second-order valence-corrected chi connectivity index (χ2v) is 9.09. The summed E-state index contributed by atoms with van der Waals surface area (Å²) in [5.41, 5.74) is 3.69. The van der Waals surface area contributed by atoms with Crippen LogP contribution in [0.2, 0.25) is 0 Å².